The van der Waals surface area contributed by atoms with Crippen LogP contribution in [0.25, 0.3) is 16.1 Å². The van der Waals surface area contributed by atoms with Gasteiger partial charge in [0.25, 0.3) is 0 Å². The van der Waals surface area contributed by atoms with Crippen molar-refractivity contribution in [1.29, 1.82) is 0 Å². The van der Waals surface area contributed by atoms with Gasteiger partial charge in [0.05, 0.1) is 11.3 Å². The number of allylic oxidation sites excluding steroid dienone is 1. The van der Waals surface area contributed by atoms with Gasteiger partial charge in [-0.2, -0.15) is 0 Å². The predicted molar refractivity (Wildman–Crippen MR) is 263 cm³/mol. The summed E-state index contributed by atoms with van der Waals surface area (Å²) in [6.45, 7) is 12.0. The molecule has 0 saturated carbocycles. The van der Waals surface area contributed by atoms with Crippen molar-refractivity contribution in [1.82, 2.24) is 19.7 Å². The monoisotopic (exact) mass is 926 g/mol. The number of anilines is 1. The second-order valence-electron chi connectivity index (χ2n) is 18.4. The van der Waals surface area contributed by atoms with Gasteiger partial charge in [-0.15, -0.1) is 21.5 Å². The van der Waals surface area contributed by atoms with Gasteiger partial charge in [-0.1, -0.05) is 71.7 Å². The molecule has 0 unspecified atom stereocenters. The number of piperidine rings is 2. The molecular weight excluding hydrogens is 875 g/mol. The number of fused-ring (bicyclic) bond motifs is 4. The Hall–Kier alpha value is -5.13. The normalized spacial score (nSPS) is 19.0. The maximum atomic E-state index is 16.6. The van der Waals surface area contributed by atoms with E-state index in [1.165, 1.54) is 16.0 Å². The van der Waals surface area contributed by atoms with E-state index in [-0.39, 0.29) is 6.04 Å². The topological polar surface area (TPSA) is 86.8 Å². The summed E-state index contributed by atoms with van der Waals surface area (Å²) in [5, 5.41) is 21.0. The molecule has 2 fully saturated rings. The molecular formula is C53H53Cl2FN6O2S. The number of hydrogen-bond donors (Lipinski definition) is 1. The van der Waals surface area contributed by atoms with Crippen molar-refractivity contribution in [2.45, 2.75) is 90.3 Å². The number of hydrogen-bond acceptors (Lipinski definition) is 7. The molecule has 0 amide bonds. The van der Waals surface area contributed by atoms with E-state index in [0.29, 0.717) is 54.0 Å². The molecule has 8 nitrogen and oxygen atoms in total. The number of rotatable bonds is 8. The fourth-order valence-electron chi connectivity index (χ4n) is 10.6. The average molecular weight is 928 g/mol. The van der Waals surface area contributed by atoms with E-state index in [1.807, 2.05) is 31.2 Å². The van der Waals surface area contributed by atoms with Crippen LogP contribution in [0.5, 0.6) is 0 Å². The number of likely N-dealkylation sites (tertiary alicyclic amines) is 1. The van der Waals surface area contributed by atoms with Crippen molar-refractivity contribution in [3.05, 3.63) is 162 Å². The number of carbonyl (C=O) groups is 1. The number of aryl methyl sites for hydroxylation is 3. The zero-order valence-electron chi connectivity index (χ0n) is 37.3. The Kier molecular flexibility index (Phi) is 11.8. The largest absolute Gasteiger partial charge is 0.478 e. The maximum Gasteiger partial charge on any atom is 0.335 e. The number of benzene rings is 4. The number of aliphatic imine (C=N–C) groups is 1. The van der Waals surface area contributed by atoms with E-state index in [2.05, 4.69) is 93.9 Å². The highest BCUT2D eigenvalue weighted by molar-refractivity contribution is 7.15. The molecule has 5 heterocycles. The first kappa shape index (κ1) is 43.7. The molecule has 334 valence electrons. The van der Waals surface area contributed by atoms with E-state index >= 15 is 4.39 Å². The third-order valence-corrected chi connectivity index (χ3v) is 16.1. The highest BCUT2D eigenvalue weighted by Crippen LogP contribution is 2.44. The second-order valence-corrected chi connectivity index (χ2v) is 20.5. The summed E-state index contributed by atoms with van der Waals surface area (Å²) in [7, 11) is 0. The minimum atomic E-state index is -1.21. The molecule has 65 heavy (non-hydrogen) atoms. The summed E-state index contributed by atoms with van der Waals surface area (Å²) >= 11 is 14.9. The van der Waals surface area contributed by atoms with E-state index in [9.17, 15) is 9.90 Å². The van der Waals surface area contributed by atoms with Gasteiger partial charge < -0.3 is 14.9 Å². The fraction of sp³-hybridized carbons (Fsp3) is 0.358. The van der Waals surface area contributed by atoms with Gasteiger partial charge >= 0.3 is 5.97 Å². The second kappa shape index (κ2) is 17.6. The van der Waals surface area contributed by atoms with Crippen molar-refractivity contribution in [3.63, 3.8) is 0 Å². The molecule has 12 heteroatoms. The molecule has 6 aromatic rings. The van der Waals surface area contributed by atoms with Crippen LogP contribution in [0, 0.1) is 20.8 Å². The van der Waals surface area contributed by atoms with Gasteiger partial charge in [0.1, 0.15) is 22.5 Å². The molecule has 1 aliphatic carbocycles. The lowest BCUT2D eigenvalue weighted by Gasteiger charge is -2.42. The number of carboxylic acids is 1. The smallest absolute Gasteiger partial charge is 0.335 e. The number of thiophene rings is 1. The van der Waals surface area contributed by atoms with E-state index in [1.54, 1.807) is 23.5 Å². The van der Waals surface area contributed by atoms with Crippen LogP contribution in [-0.4, -0.2) is 74.8 Å². The Morgan fingerprint density at radius 3 is 2.28 bits per heavy atom. The lowest BCUT2D eigenvalue weighted by Crippen LogP contribution is -2.49. The molecule has 1 atom stereocenters. The Labute approximate surface area is 394 Å². The van der Waals surface area contributed by atoms with Gasteiger partial charge in [0.2, 0.25) is 0 Å². The number of aromatic nitrogens is 3. The zero-order valence-corrected chi connectivity index (χ0v) is 39.6. The highest BCUT2D eigenvalue weighted by atomic mass is 35.5. The lowest BCUT2D eigenvalue weighted by atomic mass is 9.84. The summed E-state index contributed by atoms with van der Waals surface area (Å²) in [6, 6.07) is 28.6. The number of nitrogens with zero attached hydrogens (tertiary/aromatic N) is 6. The van der Waals surface area contributed by atoms with Crippen LogP contribution in [0.15, 0.2) is 89.9 Å². The Balaban J connectivity index is 0.786. The standard InChI is InChI=1S/C53H53Cl2FN6O2S/c1-31-33(3)65-51-47(31)49(57-32(2)50-59-58-34(4)62(50)51)38-12-16-42(17-13-38)61-26-22-53(56,23-27-61)30-60-24-20-36(21-25-60)35-8-10-37(11-9-35)48-43-18-14-40(52(63)64)28-39(43)6-5-7-45(48)44-19-15-41(54)29-46(44)55/h8-19,28-29,32,36H,5-7,20-27,30H2,1-4H3,(H,63,64)/t32-/m0/s1. The van der Waals surface area contributed by atoms with Gasteiger partial charge in [-0.25, -0.2) is 9.18 Å². The van der Waals surface area contributed by atoms with Gasteiger partial charge in [-0.05, 0) is 160 Å². The van der Waals surface area contributed by atoms with Crippen LogP contribution in [0.1, 0.15) is 129 Å². The van der Waals surface area contributed by atoms with Crippen LogP contribution < -0.4 is 4.90 Å². The van der Waals surface area contributed by atoms with Crippen LogP contribution in [-0.2, 0) is 6.42 Å². The van der Waals surface area contributed by atoms with Crippen LogP contribution in [0.4, 0.5) is 10.1 Å². The first-order valence-corrected chi connectivity index (χ1v) is 24.4. The minimum Gasteiger partial charge on any atom is -0.478 e. The molecule has 2 aromatic heterocycles. The number of aromatic carboxylic acids is 1. The lowest BCUT2D eigenvalue weighted by molar-refractivity contribution is 0.0562. The molecule has 4 aromatic carbocycles. The molecule has 1 N–H and O–H groups in total. The van der Waals surface area contributed by atoms with Crippen molar-refractivity contribution >= 4 is 63.1 Å². The summed E-state index contributed by atoms with van der Waals surface area (Å²) in [5.41, 5.74) is 12.3. The summed E-state index contributed by atoms with van der Waals surface area (Å²) in [5.74, 6) is 1.21. The van der Waals surface area contributed by atoms with Crippen molar-refractivity contribution in [3.8, 4) is 5.00 Å². The maximum absolute atomic E-state index is 16.6. The molecule has 3 aliphatic heterocycles. The summed E-state index contributed by atoms with van der Waals surface area (Å²) in [6.07, 6.45) is 5.44. The minimum absolute atomic E-state index is 0.133. The summed E-state index contributed by atoms with van der Waals surface area (Å²) in [4.78, 5) is 23.1. The van der Waals surface area contributed by atoms with Gasteiger partial charge in [0, 0.05) is 64.2 Å². The fourth-order valence-corrected chi connectivity index (χ4v) is 12.4. The number of carboxylic acid groups (broad SMARTS) is 1. The Morgan fingerprint density at radius 2 is 1.57 bits per heavy atom. The first-order valence-electron chi connectivity index (χ1n) is 22.9. The van der Waals surface area contributed by atoms with Crippen LogP contribution in [0.2, 0.25) is 10.0 Å². The average Bonchev–Trinajstić information content (AvgIpc) is 3.70. The third kappa shape index (κ3) is 8.36. The Morgan fingerprint density at radius 1 is 0.862 bits per heavy atom. The van der Waals surface area contributed by atoms with Gasteiger partial charge in [0.15, 0.2) is 5.82 Å². The molecule has 0 radical (unpaired) electrons. The molecule has 10 rings (SSSR count). The van der Waals surface area contributed by atoms with Crippen LogP contribution >= 0.6 is 34.5 Å². The van der Waals surface area contributed by atoms with Gasteiger partial charge in [-0.3, -0.25) is 9.56 Å². The van der Waals surface area contributed by atoms with E-state index < -0.39 is 11.6 Å². The quantitative estimate of drug-likeness (QED) is 0.164. The van der Waals surface area contributed by atoms with Crippen molar-refractivity contribution in [2.75, 3.05) is 37.6 Å². The van der Waals surface area contributed by atoms with E-state index in [4.69, 9.17) is 28.2 Å². The Bertz CT molecular complexity index is 2870. The van der Waals surface area contributed by atoms with Crippen molar-refractivity contribution in [2.24, 2.45) is 4.99 Å². The predicted octanol–water partition coefficient (Wildman–Crippen LogP) is 12.7. The molecule has 0 spiro atoms. The summed E-state index contributed by atoms with van der Waals surface area (Å²) < 4.78 is 18.8. The SMILES string of the molecule is Cc1sc2c(c1C)C(c1ccc(N3CCC(F)(CN4CCC(c5ccc(C6=C(c7ccc(Cl)cc7Cl)CCCc7cc(C(=O)O)ccc76)cc5)CC4)CC3)cc1)=N[C@@H](C)c1nnc(C)n1-2. The first-order chi connectivity index (χ1) is 31.3. The zero-order chi connectivity index (χ0) is 45.1. The molecule has 2 saturated heterocycles. The van der Waals surface area contributed by atoms with Crippen LogP contribution in [0.3, 0.4) is 0 Å². The number of alkyl halides is 1. The molecule has 4 aliphatic rings. The third-order valence-electron chi connectivity index (χ3n) is 14.3. The van der Waals surface area contributed by atoms with E-state index in [0.717, 1.165) is 118 Å². The molecule has 0 bridgehead atoms. The van der Waals surface area contributed by atoms with Crippen molar-refractivity contribution < 1.29 is 14.3 Å². The highest BCUT2D eigenvalue weighted by Gasteiger charge is 2.38. The number of halogens is 3.